The molecule has 0 amide bonds. The molecule has 0 aliphatic carbocycles. The first-order valence-electron chi connectivity index (χ1n) is 9.40. The summed E-state index contributed by atoms with van der Waals surface area (Å²) in [5, 5.41) is 3.92. The molecule has 0 aliphatic heterocycles. The Morgan fingerprint density at radius 2 is 1.00 bits per heavy atom. The zero-order valence-corrected chi connectivity index (χ0v) is 16.5. The first-order chi connectivity index (χ1) is 13.8. The van der Waals surface area contributed by atoms with Crippen LogP contribution in [0.25, 0.3) is 6.08 Å². The smallest absolute Gasteiger partial charge is 0.172 e. The van der Waals surface area contributed by atoms with E-state index in [1.54, 1.807) is 12.1 Å². The summed E-state index contributed by atoms with van der Waals surface area (Å²) in [6, 6.07) is 38.8. The predicted octanol–water partition coefficient (Wildman–Crippen LogP) is 4.55. The lowest BCUT2D eigenvalue weighted by molar-refractivity contribution is 0.627. The molecule has 136 valence electrons. The maximum absolute atomic E-state index is 13.7. The average Bonchev–Trinajstić information content (AvgIpc) is 2.77. The second-order valence-corrected chi connectivity index (χ2v) is 10.5. The lowest BCUT2D eigenvalue weighted by Gasteiger charge is -2.30. The van der Waals surface area contributed by atoms with Gasteiger partial charge in [-0.15, -0.1) is 0 Å². The van der Waals surface area contributed by atoms with Crippen molar-refractivity contribution in [3.63, 3.8) is 0 Å². The Kier molecular flexibility index (Phi) is 5.31. The fraction of sp³-hybridized carbons (Fsp3) is 0. The molecule has 0 N–H and O–H groups in total. The minimum atomic E-state index is -2.43. The molecule has 0 fully saturated rings. The van der Waals surface area contributed by atoms with Gasteiger partial charge in [-0.05, 0) is 33.3 Å². The van der Waals surface area contributed by atoms with Crippen LogP contribution in [0.3, 0.4) is 0 Å². The van der Waals surface area contributed by atoms with Crippen LogP contribution in [0, 0.1) is 5.82 Å². The van der Waals surface area contributed by atoms with Gasteiger partial charge in [-0.25, -0.2) is 4.39 Å². The fourth-order valence-electron chi connectivity index (χ4n) is 3.72. The summed E-state index contributed by atoms with van der Waals surface area (Å²) in [6.07, 6.45) is 2.07. The highest BCUT2D eigenvalue weighted by Crippen LogP contribution is 2.13. The van der Waals surface area contributed by atoms with Gasteiger partial charge in [0.05, 0.1) is 0 Å². The van der Waals surface area contributed by atoms with Gasteiger partial charge in [-0.1, -0.05) is 115 Å². The molecule has 2 heteroatoms. The van der Waals surface area contributed by atoms with Crippen LogP contribution in [0.5, 0.6) is 0 Å². The van der Waals surface area contributed by atoms with Crippen molar-refractivity contribution in [1.82, 2.24) is 0 Å². The highest BCUT2D eigenvalue weighted by atomic mass is 28.3. The minimum absolute atomic E-state index is 0.214. The van der Waals surface area contributed by atoms with Gasteiger partial charge in [-0.2, -0.15) is 0 Å². The Morgan fingerprint density at radius 3 is 1.43 bits per heavy atom. The Labute approximate surface area is 166 Å². The van der Waals surface area contributed by atoms with E-state index in [0.29, 0.717) is 0 Å². The molecular formula is C26H21FSi. The van der Waals surface area contributed by atoms with Gasteiger partial charge in [0.25, 0.3) is 0 Å². The SMILES string of the molecule is Fc1cccc(/C=C/[Si](c2ccccc2)(c2ccccc2)c2ccccc2)c1. The van der Waals surface area contributed by atoms with Crippen molar-refractivity contribution in [2.24, 2.45) is 0 Å². The van der Waals surface area contributed by atoms with E-state index in [1.165, 1.54) is 21.6 Å². The fourth-order valence-corrected chi connectivity index (χ4v) is 7.90. The molecule has 0 aromatic heterocycles. The van der Waals surface area contributed by atoms with Crippen molar-refractivity contribution in [1.29, 1.82) is 0 Å². The van der Waals surface area contributed by atoms with Gasteiger partial charge in [0.15, 0.2) is 8.07 Å². The zero-order chi connectivity index (χ0) is 19.2. The van der Waals surface area contributed by atoms with Crippen molar-refractivity contribution in [2.75, 3.05) is 0 Å². The summed E-state index contributed by atoms with van der Waals surface area (Å²) in [6.45, 7) is 0. The van der Waals surface area contributed by atoms with E-state index >= 15 is 0 Å². The zero-order valence-electron chi connectivity index (χ0n) is 15.5. The molecule has 0 bridgehead atoms. The van der Waals surface area contributed by atoms with Crippen molar-refractivity contribution >= 4 is 29.7 Å². The van der Waals surface area contributed by atoms with E-state index in [0.717, 1.165) is 5.56 Å². The van der Waals surface area contributed by atoms with Gasteiger partial charge in [0.1, 0.15) is 5.82 Å². The first kappa shape index (κ1) is 18.1. The quantitative estimate of drug-likeness (QED) is 0.352. The Balaban J connectivity index is 1.98. The van der Waals surface area contributed by atoms with Gasteiger partial charge in [-0.3, -0.25) is 0 Å². The third kappa shape index (κ3) is 3.60. The summed E-state index contributed by atoms with van der Waals surface area (Å²) < 4.78 is 13.7. The van der Waals surface area contributed by atoms with Crippen LogP contribution in [0.1, 0.15) is 5.56 Å². The molecule has 0 aliphatic rings. The van der Waals surface area contributed by atoms with Gasteiger partial charge in [0, 0.05) is 0 Å². The Hall–Kier alpha value is -3.23. The van der Waals surface area contributed by atoms with Crippen molar-refractivity contribution in [3.8, 4) is 0 Å². The van der Waals surface area contributed by atoms with E-state index in [2.05, 4.69) is 103 Å². The lowest BCUT2D eigenvalue weighted by atomic mass is 10.2. The van der Waals surface area contributed by atoms with E-state index < -0.39 is 8.07 Å². The number of rotatable bonds is 5. The first-order valence-corrected chi connectivity index (χ1v) is 11.5. The molecule has 0 saturated heterocycles. The number of hydrogen-bond acceptors (Lipinski definition) is 0. The molecule has 0 unspecified atom stereocenters. The monoisotopic (exact) mass is 380 g/mol. The van der Waals surface area contributed by atoms with Crippen LogP contribution in [-0.4, -0.2) is 8.07 Å². The average molecular weight is 381 g/mol. The highest BCUT2D eigenvalue weighted by molar-refractivity contribution is 7.15. The third-order valence-corrected chi connectivity index (χ3v) is 9.46. The number of hydrogen-bond donors (Lipinski definition) is 0. The normalized spacial score (nSPS) is 11.6. The predicted molar refractivity (Wildman–Crippen MR) is 119 cm³/mol. The summed E-state index contributed by atoms with van der Waals surface area (Å²) in [4.78, 5) is 0. The molecule has 0 saturated carbocycles. The summed E-state index contributed by atoms with van der Waals surface area (Å²) in [7, 11) is -2.43. The maximum Gasteiger partial charge on any atom is 0.172 e. The highest BCUT2D eigenvalue weighted by Gasteiger charge is 2.36. The minimum Gasteiger partial charge on any atom is -0.207 e. The van der Waals surface area contributed by atoms with Crippen LogP contribution in [-0.2, 0) is 0 Å². The molecule has 0 radical (unpaired) electrons. The third-order valence-electron chi connectivity index (χ3n) is 5.06. The second kappa shape index (κ2) is 8.20. The summed E-state index contributed by atoms with van der Waals surface area (Å²) in [5.74, 6) is -0.214. The molecule has 0 atom stereocenters. The van der Waals surface area contributed by atoms with Crippen LogP contribution >= 0.6 is 0 Å². The molecule has 0 nitrogen and oxygen atoms in total. The number of halogens is 1. The molecule has 0 spiro atoms. The maximum atomic E-state index is 13.7. The molecule has 4 aromatic rings. The van der Waals surface area contributed by atoms with Crippen LogP contribution in [0.15, 0.2) is 121 Å². The van der Waals surface area contributed by atoms with Crippen LogP contribution in [0.2, 0.25) is 0 Å². The summed E-state index contributed by atoms with van der Waals surface area (Å²) >= 11 is 0. The van der Waals surface area contributed by atoms with E-state index in [1.807, 2.05) is 6.07 Å². The Morgan fingerprint density at radius 1 is 0.536 bits per heavy atom. The van der Waals surface area contributed by atoms with E-state index in [-0.39, 0.29) is 5.82 Å². The molecule has 28 heavy (non-hydrogen) atoms. The van der Waals surface area contributed by atoms with Gasteiger partial charge < -0.3 is 0 Å². The Bertz CT molecular complexity index is 960. The van der Waals surface area contributed by atoms with Crippen LogP contribution in [0.4, 0.5) is 4.39 Å². The molecule has 0 heterocycles. The van der Waals surface area contributed by atoms with Crippen molar-refractivity contribution in [3.05, 3.63) is 132 Å². The number of benzene rings is 4. The van der Waals surface area contributed by atoms with E-state index in [9.17, 15) is 4.39 Å². The standard InChI is InChI=1S/C26H21FSi/c27-23-12-10-11-22(21-23)19-20-28(24-13-4-1-5-14-24,25-15-6-2-7-16-25)26-17-8-3-9-18-26/h1-21H/b20-19+. The van der Waals surface area contributed by atoms with Crippen LogP contribution < -0.4 is 15.6 Å². The van der Waals surface area contributed by atoms with Gasteiger partial charge >= 0.3 is 0 Å². The topological polar surface area (TPSA) is 0 Å². The van der Waals surface area contributed by atoms with Crippen molar-refractivity contribution in [2.45, 2.75) is 0 Å². The van der Waals surface area contributed by atoms with E-state index in [4.69, 9.17) is 0 Å². The van der Waals surface area contributed by atoms with Crippen molar-refractivity contribution < 1.29 is 4.39 Å². The van der Waals surface area contributed by atoms with Gasteiger partial charge in [0.2, 0.25) is 0 Å². The largest absolute Gasteiger partial charge is 0.207 e. The molecule has 4 rings (SSSR count). The second-order valence-electron chi connectivity index (χ2n) is 6.79. The summed E-state index contributed by atoms with van der Waals surface area (Å²) in [5.41, 5.74) is 3.20. The molecular weight excluding hydrogens is 359 g/mol. The lowest BCUT2D eigenvalue weighted by Crippen LogP contribution is -2.66. The molecule has 4 aromatic carbocycles.